The number of fused-ring (bicyclic) bond motifs is 1. The molecule has 1 atom stereocenters. The average molecular weight is 341 g/mol. The number of nitrogens with one attached hydrogen (secondary N) is 1. The molecule has 1 saturated heterocycles. The molecule has 2 aromatic rings. The van der Waals surface area contributed by atoms with Crippen molar-refractivity contribution in [3.05, 3.63) is 42.0 Å². The maximum atomic E-state index is 12.1. The van der Waals surface area contributed by atoms with E-state index in [0.29, 0.717) is 11.8 Å². The first-order valence-corrected chi connectivity index (χ1v) is 8.80. The molecule has 1 aliphatic heterocycles. The highest BCUT2D eigenvalue weighted by Crippen LogP contribution is 2.31. The Morgan fingerprint density at radius 1 is 1.16 bits per heavy atom. The largest absolute Gasteiger partial charge is 0.481 e. The number of benzene rings is 2. The first-order chi connectivity index (χ1) is 12.1. The zero-order valence-electron chi connectivity index (χ0n) is 14.2. The van der Waals surface area contributed by atoms with Crippen molar-refractivity contribution in [1.29, 1.82) is 0 Å². The molecule has 5 nitrogen and oxygen atoms in total. The molecule has 3 rings (SSSR count). The standard InChI is InChI=1S/C20H23NO4/c22-18(23)10-3-11-19(24)25-17-9-2-6-14-5-1-7-15(20(14)17)13-16-8-4-12-21-16/h1-2,5-7,9,16,21H,3-4,8,10-13H2,(H,22,23)/t16-/m1/s1. The van der Waals surface area contributed by atoms with Crippen molar-refractivity contribution in [2.45, 2.75) is 44.6 Å². The van der Waals surface area contributed by atoms with Gasteiger partial charge in [-0.25, -0.2) is 0 Å². The molecule has 2 aromatic carbocycles. The molecule has 2 N–H and O–H groups in total. The van der Waals surface area contributed by atoms with Crippen LogP contribution in [0.5, 0.6) is 5.75 Å². The summed E-state index contributed by atoms with van der Waals surface area (Å²) in [5.74, 6) is -0.724. The van der Waals surface area contributed by atoms with Crippen LogP contribution in [0.4, 0.5) is 0 Å². The summed E-state index contributed by atoms with van der Waals surface area (Å²) >= 11 is 0. The van der Waals surface area contributed by atoms with Crippen LogP contribution in [-0.4, -0.2) is 29.6 Å². The number of rotatable bonds is 7. The van der Waals surface area contributed by atoms with Gasteiger partial charge >= 0.3 is 11.9 Å². The number of carbonyl (C=O) groups excluding carboxylic acids is 1. The number of ether oxygens (including phenoxy) is 1. The van der Waals surface area contributed by atoms with Gasteiger partial charge in [0.25, 0.3) is 0 Å². The van der Waals surface area contributed by atoms with Crippen molar-refractivity contribution in [3.63, 3.8) is 0 Å². The Hall–Kier alpha value is -2.40. The van der Waals surface area contributed by atoms with Crippen molar-refractivity contribution < 1.29 is 19.4 Å². The molecular weight excluding hydrogens is 318 g/mol. The van der Waals surface area contributed by atoms with Gasteiger partial charge < -0.3 is 15.2 Å². The van der Waals surface area contributed by atoms with E-state index in [0.717, 1.165) is 30.2 Å². The highest BCUT2D eigenvalue weighted by atomic mass is 16.5. The Labute approximate surface area is 147 Å². The van der Waals surface area contributed by atoms with Gasteiger partial charge in [-0.05, 0) is 49.2 Å². The predicted molar refractivity (Wildman–Crippen MR) is 95.8 cm³/mol. The maximum Gasteiger partial charge on any atom is 0.311 e. The van der Waals surface area contributed by atoms with E-state index in [1.165, 1.54) is 12.0 Å². The first-order valence-electron chi connectivity index (χ1n) is 8.80. The third-order valence-corrected chi connectivity index (χ3v) is 4.58. The number of hydrogen-bond acceptors (Lipinski definition) is 4. The van der Waals surface area contributed by atoms with Crippen molar-refractivity contribution in [3.8, 4) is 5.75 Å². The van der Waals surface area contributed by atoms with Crippen LogP contribution < -0.4 is 10.1 Å². The van der Waals surface area contributed by atoms with Crippen LogP contribution in [0.25, 0.3) is 10.8 Å². The molecule has 1 aliphatic rings. The molecule has 0 radical (unpaired) electrons. The molecule has 0 saturated carbocycles. The van der Waals surface area contributed by atoms with Gasteiger partial charge in [0.05, 0.1) is 0 Å². The average Bonchev–Trinajstić information content (AvgIpc) is 3.08. The van der Waals surface area contributed by atoms with Crippen molar-refractivity contribution in [2.75, 3.05) is 6.54 Å². The number of carboxylic acid groups (broad SMARTS) is 1. The molecule has 0 bridgehead atoms. The van der Waals surface area contributed by atoms with E-state index in [4.69, 9.17) is 9.84 Å². The zero-order valence-corrected chi connectivity index (χ0v) is 14.2. The van der Waals surface area contributed by atoms with Gasteiger partial charge in [0, 0.05) is 24.3 Å². The minimum Gasteiger partial charge on any atom is -0.481 e. The number of esters is 1. The fraction of sp³-hybridized carbons (Fsp3) is 0.400. The van der Waals surface area contributed by atoms with Crippen molar-refractivity contribution >= 4 is 22.7 Å². The summed E-state index contributed by atoms with van der Waals surface area (Å²) in [7, 11) is 0. The molecular formula is C20H23NO4. The lowest BCUT2D eigenvalue weighted by Gasteiger charge is -2.15. The lowest BCUT2D eigenvalue weighted by molar-refractivity contribution is -0.137. The van der Waals surface area contributed by atoms with Crippen molar-refractivity contribution in [2.24, 2.45) is 0 Å². The van der Waals surface area contributed by atoms with E-state index >= 15 is 0 Å². The summed E-state index contributed by atoms with van der Waals surface area (Å²) in [5, 5.41) is 14.2. The highest BCUT2D eigenvalue weighted by Gasteiger charge is 2.18. The molecule has 1 heterocycles. The molecule has 0 spiro atoms. The van der Waals surface area contributed by atoms with E-state index in [2.05, 4.69) is 11.4 Å². The molecule has 0 aliphatic carbocycles. The SMILES string of the molecule is O=C(O)CCCC(=O)Oc1cccc2cccc(C[C@H]3CCCN3)c12. The van der Waals surface area contributed by atoms with Crippen LogP contribution in [0.2, 0.25) is 0 Å². The topological polar surface area (TPSA) is 75.6 Å². The number of carbonyl (C=O) groups is 2. The normalized spacial score (nSPS) is 16.9. The first kappa shape index (κ1) is 17.4. The number of hydrogen-bond donors (Lipinski definition) is 2. The van der Waals surface area contributed by atoms with Crippen LogP contribution in [0.15, 0.2) is 36.4 Å². The fourth-order valence-corrected chi connectivity index (χ4v) is 3.39. The second-order valence-corrected chi connectivity index (χ2v) is 6.49. The molecule has 25 heavy (non-hydrogen) atoms. The van der Waals surface area contributed by atoms with E-state index in [1.54, 1.807) is 0 Å². The maximum absolute atomic E-state index is 12.1. The predicted octanol–water partition coefficient (Wildman–Crippen LogP) is 3.29. The van der Waals surface area contributed by atoms with E-state index in [9.17, 15) is 9.59 Å². The van der Waals surface area contributed by atoms with Crippen molar-refractivity contribution in [1.82, 2.24) is 5.32 Å². The lowest BCUT2D eigenvalue weighted by Crippen LogP contribution is -2.23. The molecule has 132 valence electrons. The lowest BCUT2D eigenvalue weighted by atomic mass is 9.97. The van der Waals surface area contributed by atoms with Crippen LogP contribution >= 0.6 is 0 Å². The molecule has 1 fully saturated rings. The smallest absolute Gasteiger partial charge is 0.311 e. The minimum absolute atomic E-state index is 0.0246. The van der Waals surface area contributed by atoms with E-state index < -0.39 is 5.97 Å². The third kappa shape index (κ3) is 4.57. The highest BCUT2D eigenvalue weighted by molar-refractivity contribution is 5.93. The van der Waals surface area contributed by atoms with Crippen LogP contribution in [-0.2, 0) is 16.0 Å². The Morgan fingerprint density at radius 2 is 1.96 bits per heavy atom. The number of aliphatic carboxylic acids is 1. The molecule has 0 unspecified atom stereocenters. The summed E-state index contributed by atoms with van der Waals surface area (Å²) < 4.78 is 5.56. The summed E-state index contributed by atoms with van der Waals surface area (Å²) in [4.78, 5) is 22.6. The van der Waals surface area contributed by atoms with Crippen LogP contribution in [0, 0.1) is 0 Å². The van der Waals surface area contributed by atoms with Gasteiger partial charge in [-0.1, -0.05) is 30.3 Å². The van der Waals surface area contributed by atoms with Gasteiger partial charge in [-0.2, -0.15) is 0 Å². The summed E-state index contributed by atoms with van der Waals surface area (Å²) in [6, 6.07) is 12.3. The Morgan fingerprint density at radius 3 is 2.68 bits per heavy atom. The monoisotopic (exact) mass is 341 g/mol. The Balaban J connectivity index is 1.79. The quantitative estimate of drug-likeness (QED) is 0.597. The molecule has 0 amide bonds. The zero-order chi connectivity index (χ0) is 17.6. The van der Waals surface area contributed by atoms with Gasteiger partial charge in [-0.3, -0.25) is 9.59 Å². The van der Waals surface area contributed by atoms with Crippen LogP contribution in [0.1, 0.15) is 37.7 Å². The van der Waals surface area contributed by atoms with Gasteiger partial charge in [0.15, 0.2) is 0 Å². The van der Waals surface area contributed by atoms with E-state index in [1.807, 2.05) is 30.3 Å². The molecule has 0 aromatic heterocycles. The Bertz CT molecular complexity index is 760. The second kappa shape index (κ2) is 8.12. The summed E-state index contributed by atoms with van der Waals surface area (Å²) in [6.45, 7) is 1.06. The third-order valence-electron chi connectivity index (χ3n) is 4.58. The van der Waals surface area contributed by atoms with E-state index in [-0.39, 0.29) is 25.2 Å². The van der Waals surface area contributed by atoms with Gasteiger partial charge in [0.1, 0.15) is 5.75 Å². The summed E-state index contributed by atoms with van der Waals surface area (Å²) in [5.41, 5.74) is 1.17. The Kier molecular flexibility index (Phi) is 5.66. The molecule has 5 heteroatoms. The van der Waals surface area contributed by atoms with Gasteiger partial charge in [0.2, 0.25) is 0 Å². The van der Waals surface area contributed by atoms with Crippen LogP contribution in [0.3, 0.4) is 0 Å². The second-order valence-electron chi connectivity index (χ2n) is 6.49. The fourth-order valence-electron chi connectivity index (χ4n) is 3.39. The minimum atomic E-state index is -0.899. The number of carboxylic acids is 1. The summed E-state index contributed by atoms with van der Waals surface area (Å²) in [6.07, 6.45) is 3.63. The van der Waals surface area contributed by atoms with Gasteiger partial charge in [-0.15, -0.1) is 0 Å².